The Morgan fingerprint density at radius 3 is 2.50 bits per heavy atom. The molecule has 0 saturated carbocycles. The summed E-state index contributed by atoms with van der Waals surface area (Å²) in [6, 6.07) is 3.24. The maximum Gasteiger partial charge on any atom is 0.244 e. The van der Waals surface area contributed by atoms with Gasteiger partial charge in [-0.25, -0.2) is 17.5 Å². The highest BCUT2D eigenvalue weighted by Gasteiger charge is 2.21. The summed E-state index contributed by atoms with van der Waals surface area (Å²) in [6.07, 6.45) is 0. The number of carbonyl (C=O) groups is 1. The van der Waals surface area contributed by atoms with Crippen molar-refractivity contribution in [1.82, 2.24) is 9.62 Å². The minimum atomic E-state index is -4.11. The van der Waals surface area contributed by atoms with Crippen LogP contribution in [-0.4, -0.2) is 38.9 Å². The normalized spacial score (nSPS) is 11.3. The molecule has 0 atom stereocenters. The quantitative estimate of drug-likeness (QED) is 0.751. The lowest BCUT2D eigenvalue weighted by molar-refractivity contribution is -0.129. The van der Waals surface area contributed by atoms with Crippen molar-refractivity contribution < 1.29 is 17.6 Å². The molecule has 1 aromatic rings. The second-order valence-corrected chi connectivity index (χ2v) is 5.82. The number of nitrogens with zero attached hydrogens (tertiary/aromatic N) is 1. The summed E-state index contributed by atoms with van der Waals surface area (Å²) in [6.45, 7) is 4.10. The van der Waals surface area contributed by atoms with Gasteiger partial charge in [-0.05, 0) is 32.0 Å². The van der Waals surface area contributed by atoms with Gasteiger partial charge in [0.2, 0.25) is 15.9 Å². The van der Waals surface area contributed by atoms with Crippen LogP contribution in [0.1, 0.15) is 13.8 Å². The third kappa shape index (κ3) is 3.91. The molecule has 0 aliphatic carbocycles. The number of hydrogen-bond donors (Lipinski definition) is 2. The van der Waals surface area contributed by atoms with Crippen molar-refractivity contribution in [3.8, 4) is 0 Å². The average Bonchev–Trinajstić information content (AvgIpc) is 2.40. The van der Waals surface area contributed by atoms with Gasteiger partial charge in [0.15, 0.2) is 0 Å². The van der Waals surface area contributed by atoms with Crippen molar-refractivity contribution in [1.29, 1.82) is 0 Å². The molecule has 1 rings (SSSR count). The van der Waals surface area contributed by atoms with Crippen LogP contribution >= 0.6 is 0 Å². The van der Waals surface area contributed by atoms with Crippen LogP contribution in [-0.2, 0) is 14.8 Å². The first-order valence-corrected chi connectivity index (χ1v) is 7.62. The van der Waals surface area contributed by atoms with Gasteiger partial charge in [0.05, 0.1) is 6.54 Å². The van der Waals surface area contributed by atoms with Crippen molar-refractivity contribution in [2.75, 3.05) is 25.4 Å². The lowest BCUT2D eigenvalue weighted by Crippen LogP contribution is -2.40. The van der Waals surface area contributed by atoms with Crippen LogP contribution in [0.4, 0.5) is 10.1 Å². The molecule has 0 heterocycles. The number of nitrogens with one attached hydrogen (secondary N) is 1. The molecule has 0 unspecified atom stereocenters. The molecule has 0 fully saturated rings. The summed E-state index contributed by atoms with van der Waals surface area (Å²) >= 11 is 0. The smallest absolute Gasteiger partial charge is 0.244 e. The van der Waals surface area contributed by atoms with Gasteiger partial charge >= 0.3 is 0 Å². The molecule has 0 bridgehead atoms. The Kier molecular flexibility index (Phi) is 5.46. The summed E-state index contributed by atoms with van der Waals surface area (Å²) in [4.78, 5) is 12.6. The van der Waals surface area contributed by atoms with Crippen LogP contribution in [0.25, 0.3) is 0 Å². The van der Waals surface area contributed by atoms with Gasteiger partial charge in [0, 0.05) is 18.8 Å². The van der Waals surface area contributed by atoms with E-state index in [1.807, 2.05) is 0 Å². The van der Waals surface area contributed by atoms with E-state index in [4.69, 9.17) is 5.73 Å². The number of carbonyl (C=O) groups excluding carboxylic acids is 1. The zero-order chi connectivity index (χ0) is 15.3. The summed E-state index contributed by atoms with van der Waals surface area (Å²) in [7, 11) is -4.11. The minimum Gasteiger partial charge on any atom is -0.399 e. The SMILES string of the molecule is CCN(CC)C(=O)CNS(=O)(=O)c1cc(N)ccc1F. The predicted molar refractivity (Wildman–Crippen MR) is 73.9 cm³/mol. The van der Waals surface area contributed by atoms with Crippen LogP contribution in [0, 0.1) is 5.82 Å². The van der Waals surface area contributed by atoms with Crippen LogP contribution in [0.3, 0.4) is 0 Å². The Labute approximate surface area is 117 Å². The highest BCUT2D eigenvalue weighted by Crippen LogP contribution is 2.17. The van der Waals surface area contributed by atoms with Crippen molar-refractivity contribution >= 4 is 21.6 Å². The Hall–Kier alpha value is -1.67. The van der Waals surface area contributed by atoms with E-state index in [-0.39, 0.29) is 11.6 Å². The van der Waals surface area contributed by atoms with E-state index in [0.29, 0.717) is 13.1 Å². The van der Waals surface area contributed by atoms with Crippen molar-refractivity contribution in [2.45, 2.75) is 18.7 Å². The number of benzene rings is 1. The molecule has 1 aromatic carbocycles. The molecule has 1 amide bonds. The molecule has 3 N–H and O–H groups in total. The van der Waals surface area contributed by atoms with Crippen molar-refractivity contribution in [3.63, 3.8) is 0 Å². The molecular weight excluding hydrogens is 285 g/mol. The Morgan fingerprint density at radius 1 is 1.35 bits per heavy atom. The molecule has 0 aliphatic heterocycles. The van der Waals surface area contributed by atoms with E-state index in [1.54, 1.807) is 13.8 Å². The number of halogens is 1. The topological polar surface area (TPSA) is 92.5 Å². The number of rotatable bonds is 6. The molecule has 8 heteroatoms. The summed E-state index contributed by atoms with van der Waals surface area (Å²) in [5.74, 6) is -1.29. The first kappa shape index (κ1) is 16.4. The van der Waals surface area contributed by atoms with E-state index in [2.05, 4.69) is 4.72 Å². The molecule has 0 aromatic heterocycles. The Morgan fingerprint density at radius 2 is 1.95 bits per heavy atom. The van der Waals surface area contributed by atoms with Crippen LogP contribution in [0.5, 0.6) is 0 Å². The Bertz CT molecular complexity index is 586. The minimum absolute atomic E-state index is 0.127. The fourth-order valence-electron chi connectivity index (χ4n) is 1.65. The van der Waals surface area contributed by atoms with Gasteiger partial charge < -0.3 is 10.6 Å². The summed E-state index contributed by atoms with van der Waals surface area (Å²) in [5.41, 5.74) is 5.56. The van der Waals surface area contributed by atoms with Gasteiger partial charge in [-0.2, -0.15) is 0 Å². The maximum atomic E-state index is 13.5. The fraction of sp³-hybridized carbons (Fsp3) is 0.417. The van der Waals surface area contributed by atoms with Gasteiger partial charge in [-0.1, -0.05) is 0 Å². The van der Waals surface area contributed by atoms with E-state index < -0.39 is 27.3 Å². The number of sulfonamides is 1. The number of nitrogen functional groups attached to an aromatic ring is 1. The number of anilines is 1. The molecule has 0 spiro atoms. The van der Waals surface area contributed by atoms with E-state index >= 15 is 0 Å². The lowest BCUT2D eigenvalue weighted by Gasteiger charge is -2.18. The van der Waals surface area contributed by atoms with E-state index in [0.717, 1.165) is 12.1 Å². The zero-order valence-electron chi connectivity index (χ0n) is 11.4. The second kappa shape index (κ2) is 6.67. The highest BCUT2D eigenvalue weighted by atomic mass is 32.2. The van der Waals surface area contributed by atoms with Gasteiger partial charge in [0.25, 0.3) is 0 Å². The summed E-state index contributed by atoms with van der Waals surface area (Å²) in [5, 5.41) is 0. The lowest BCUT2D eigenvalue weighted by atomic mass is 10.3. The standard InChI is InChI=1S/C12H18FN3O3S/c1-3-16(4-2)12(17)8-15-20(18,19)11-7-9(14)5-6-10(11)13/h5-7,15H,3-4,8,14H2,1-2H3. The molecule has 112 valence electrons. The monoisotopic (exact) mass is 303 g/mol. The van der Waals surface area contributed by atoms with Crippen molar-refractivity contribution in [2.24, 2.45) is 0 Å². The largest absolute Gasteiger partial charge is 0.399 e. The third-order valence-electron chi connectivity index (χ3n) is 2.77. The number of likely N-dealkylation sites (N-methyl/N-ethyl adjacent to an activating group) is 1. The average molecular weight is 303 g/mol. The van der Waals surface area contributed by atoms with E-state index in [1.165, 1.54) is 11.0 Å². The molecular formula is C12H18FN3O3S. The fourth-order valence-corrected chi connectivity index (χ4v) is 2.73. The highest BCUT2D eigenvalue weighted by molar-refractivity contribution is 7.89. The molecule has 6 nitrogen and oxygen atoms in total. The van der Waals surface area contributed by atoms with Crippen LogP contribution in [0.2, 0.25) is 0 Å². The molecule has 20 heavy (non-hydrogen) atoms. The first-order chi connectivity index (χ1) is 9.31. The van der Waals surface area contributed by atoms with E-state index in [9.17, 15) is 17.6 Å². The first-order valence-electron chi connectivity index (χ1n) is 6.14. The number of amides is 1. The third-order valence-corrected chi connectivity index (χ3v) is 4.19. The number of nitrogens with two attached hydrogens (primary N) is 1. The van der Waals surface area contributed by atoms with Gasteiger partial charge in [0.1, 0.15) is 10.7 Å². The Balaban J connectivity index is 2.86. The second-order valence-electron chi connectivity index (χ2n) is 4.08. The van der Waals surface area contributed by atoms with Gasteiger partial charge in [-0.3, -0.25) is 4.79 Å². The molecule has 0 saturated heterocycles. The van der Waals surface area contributed by atoms with Crippen LogP contribution in [0.15, 0.2) is 23.1 Å². The van der Waals surface area contributed by atoms with Crippen molar-refractivity contribution in [3.05, 3.63) is 24.0 Å². The molecule has 0 radical (unpaired) electrons. The zero-order valence-corrected chi connectivity index (χ0v) is 12.2. The van der Waals surface area contributed by atoms with Gasteiger partial charge in [-0.15, -0.1) is 0 Å². The predicted octanol–water partition coefficient (Wildman–Crippen LogP) is 0.555. The molecule has 0 aliphatic rings. The summed E-state index contributed by atoms with van der Waals surface area (Å²) < 4.78 is 39.5. The number of hydrogen-bond acceptors (Lipinski definition) is 4. The van der Waals surface area contributed by atoms with Crippen LogP contribution < -0.4 is 10.5 Å². The maximum absolute atomic E-state index is 13.5.